The first-order valence-electron chi connectivity index (χ1n) is 9.72. The van der Waals surface area contributed by atoms with Gasteiger partial charge in [-0.3, -0.25) is 4.79 Å². The van der Waals surface area contributed by atoms with E-state index in [1.807, 2.05) is 59.5 Å². The minimum absolute atomic E-state index is 0.0785. The summed E-state index contributed by atoms with van der Waals surface area (Å²) in [5.41, 5.74) is 1.99. The minimum Gasteiger partial charge on any atom is -0.421 e. The van der Waals surface area contributed by atoms with Crippen molar-refractivity contribution in [1.29, 1.82) is 0 Å². The number of amides is 1. The van der Waals surface area contributed by atoms with Gasteiger partial charge in [-0.2, -0.15) is 0 Å². The van der Waals surface area contributed by atoms with Crippen molar-refractivity contribution in [3.8, 4) is 11.5 Å². The quantitative estimate of drug-likeness (QED) is 0.549. The van der Waals surface area contributed by atoms with Crippen molar-refractivity contribution in [3.05, 3.63) is 70.5 Å². The van der Waals surface area contributed by atoms with E-state index in [0.29, 0.717) is 50.7 Å². The Morgan fingerprint density at radius 2 is 1.90 bits per heavy atom. The standard InChI is InChI=1S/C22H22BrN3O3/c23-18-11-9-16(10-12-18)19-15-26(13-14-28-19)21(27)8-4-7-20-24-25-22(29-20)17-5-2-1-3-6-17/h1-3,5-6,9-12,19H,4,7-8,13-15H2. The van der Waals surface area contributed by atoms with Crippen LogP contribution >= 0.6 is 15.9 Å². The molecule has 0 spiro atoms. The van der Waals surface area contributed by atoms with Crippen molar-refractivity contribution >= 4 is 21.8 Å². The Balaban J connectivity index is 1.27. The molecule has 0 radical (unpaired) electrons. The maximum absolute atomic E-state index is 12.6. The number of hydrogen-bond donors (Lipinski definition) is 0. The van der Waals surface area contributed by atoms with Gasteiger partial charge in [0.15, 0.2) is 0 Å². The largest absolute Gasteiger partial charge is 0.421 e. The second-order valence-corrected chi connectivity index (χ2v) is 7.89. The molecule has 0 bridgehead atoms. The predicted octanol–water partition coefficient (Wildman–Crippen LogP) is 4.42. The van der Waals surface area contributed by atoms with Gasteiger partial charge in [0.05, 0.1) is 13.2 Å². The van der Waals surface area contributed by atoms with Crippen LogP contribution in [0.2, 0.25) is 0 Å². The molecule has 0 saturated carbocycles. The molecule has 1 fully saturated rings. The SMILES string of the molecule is O=C(CCCc1nnc(-c2ccccc2)o1)N1CCOC(c2ccc(Br)cc2)C1. The lowest BCUT2D eigenvalue weighted by atomic mass is 10.1. The van der Waals surface area contributed by atoms with Crippen molar-refractivity contribution < 1.29 is 13.9 Å². The lowest BCUT2D eigenvalue weighted by Crippen LogP contribution is -2.42. The molecule has 1 aromatic heterocycles. The first-order chi connectivity index (χ1) is 14.2. The van der Waals surface area contributed by atoms with Crippen molar-refractivity contribution in [3.63, 3.8) is 0 Å². The molecule has 1 atom stereocenters. The zero-order chi connectivity index (χ0) is 20.1. The van der Waals surface area contributed by atoms with Gasteiger partial charge < -0.3 is 14.1 Å². The summed E-state index contributed by atoms with van der Waals surface area (Å²) in [6, 6.07) is 17.7. The van der Waals surface area contributed by atoms with Gasteiger partial charge in [-0.25, -0.2) is 0 Å². The van der Waals surface area contributed by atoms with Crippen LogP contribution in [0, 0.1) is 0 Å². The molecule has 150 valence electrons. The molecule has 0 N–H and O–H groups in total. The number of carbonyl (C=O) groups is 1. The number of aryl methyl sites for hydroxylation is 1. The van der Waals surface area contributed by atoms with E-state index in [1.165, 1.54) is 0 Å². The molecule has 7 heteroatoms. The van der Waals surface area contributed by atoms with Crippen molar-refractivity contribution in [2.75, 3.05) is 19.7 Å². The van der Waals surface area contributed by atoms with Gasteiger partial charge in [0.2, 0.25) is 17.7 Å². The molecule has 2 heterocycles. The van der Waals surface area contributed by atoms with Crippen LogP contribution in [0.5, 0.6) is 0 Å². The third-order valence-electron chi connectivity index (χ3n) is 4.93. The van der Waals surface area contributed by atoms with Crippen molar-refractivity contribution in [2.45, 2.75) is 25.4 Å². The van der Waals surface area contributed by atoms with E-state index in [0.717, 1.165) is 15.6 Å². The zero-order valence-electron chi connectivity index (χ0n) is 16.0. The number of rotatable bonds is 6. The van der Waals surface area contributed by atoms with Crippen LogP contribution < -0.4 is 0 Å². The van der Waals surface area contributed by atoms with Gasteiger partial charge >= 0.3 is 0 Å². The Morgan fingerprint density at radius 1 is 1.10 bits per heavy atom. The summed E-state index contributed by atoms with van der Waals surface area (Å²) >= 11 is 3.44. The predicted molar refractivity (Wildman–Crippen MR) is 112 cm³/mol. The summed E-state index contributed by atoms with van der Waals surface area (Å²) in [7, 11) is 0. The molecule has 6 nitrogen and oxygen atoms in total. The zero-order valence-corrected chi connectivity index (χ0v) is 17.5. The van der Waals surface area contributed by atoms with E-state index < -0.39 is 0 Å². The molecule has 1 amide bonds. The average Bonchev–Trinajstić information content (AvgIpc) is 3.24. The van der Waals surface area contributed by atoms with Crippen LogP contribution in [0.3, 0.4) is 0 Å². The van der Waals surface area contributed by atoms with Crippen LogP contribution in [0.1, 0.15) is 30.4 Å². The third kappa shape index (κ3) is 5.10. The van der Waals surface area contributed by atoms with E-state index in [2.05, 4.69) is 26.1 Å². The highest BCUT2D eigenvalue weighted by atomic mass is 79.9. The van der Waals surface area contributed by atoms with Gasteiger partial charge in [-0.1, -0.05) is 46.3 Å². The topological polar surface area (TPSA) is 68.5 Å². The number of nitrogens with zero attached hydrogens (tertiary/aromatic N) is 3. The van der Waals surface area contributed by atoms with Crippen LogP contribution in [0.25, 0.3) is 11.5 Å². The Morgan fingerprint density at radius 3 is 2.69 bits per heavy atom. The van der Waals surface area contributed by atoms with Gasteiger partial charge in [0.1, 0.15) is 6.10 Å². The van der Waals surface area contributed by atoms with Crippen LogP contribution in [0.4, 0.5) is 0 Å². The number of benzene rings is 2. The molecule has 1 unspecified atom stereocenters. The van der Waals surface area contributed by atoms with Gasteiger partial charge in [-0.15, -0.1) is 10.2 Å². The Hall–Kier alpha value is -2.51. The number of aromatic nitrogens is 2. The first-order valence-corrected chi connectivity index (χ1v) is 10.5. The molecule has 29 heavy (non-hydrogen) atoms. The molecule has 1 aliphatic rings. The Labute approximate surface area is 178 Å². The number of carbonyl (C=O) groups excluding carboxylic acids is 1. The van der Waals surface area contributed by atoms with E-state index >= 15 is 0 Å². The fourth-order valence-corrected chi connectivity index (χ4v) is 3.62. The third-order valence-corrected chi connectivity index (χ3v) is 5.46. The summed E-state index contributed by atoms with van der Waals surface area (Å²) in [6.45, 7) is 1.76. The van der Waals surface area contributed by atoms with Crippen LogP contribution in [0.15, 0.2) is 63.5 Å². The number of hydrogen-bond acceptors (Lipinski definition) is 5. The molecule has 2 aromatic carbocycles. The minimum atomic E-state index is -0.0785. The maximum atomic E-state index is 12.6. The second kappa shape index (κ2) is 9.33. The fourth-order valence-electron chi connectivity index (χ4n) is 3.36. The number of halogens is 1. The maximum Gasteiger partial charge on any atom is 0.247 e. The highest BCUT2D eigenvalue weighted by Crippen LogP contribution is 2.24. The lowest BCUT2D eigenvalue weighted by molar-refractivity contribution is -0.139. The van der Waals surface area contributed by atoms with Crippen molar-refractivity contribution in [2.24, 2.45) is 0 Å². The molecule has 3 aromatic rings. The monoisotopic (exact) mass is 455 g/mol. The molecular formula is C22H22BrN3O3. The van der Waals surface area contributed by atoms with Gasteiger partial charge in [0, 0.05) is 29.4 Å². The van der Waals surface area contributed by atoms with E-state index in [1.54, 1.807) is 0 Å². The number of ether oxygens (including phenoxy) is 1. The van der Waals surface area contributed by atoms with Crippen molar-refractivity contribution in [1.82, 2.24) is 15.1 Å². The summed E-state index contributed by atoms with van der Waals surface area (Å²) in [5.74, 6) is 1.21. The van der Waals surface area contributed by atoms with E-state index in [-0.39, 0.29) is 12.0 Å². The molecule has 0 aliphatic carbocycles. The normalized spacial score (nSPS) is 16.7. The first kappa shape index (κ1) is 19.8. The molecular weight excluding hydrogens is 434 g/mol. The van der Waals surface area contributed by atoms with Crippen LogP contribution in [-0.4, -0.2) is 40.7 Å². The molecule has 1 saturated heterocycles. The Bertz CT molecular complexity index is 943. The summed E-state index contributed by atoms with van der Waals surface area (Å²) in [4.78, 5) is 14.5. The molecule has 1 aliphatic heterocycles. The van der Waals surface area contributed by atoms with Gasteiger partial charge in [-0.05, 0) is 36.2 Å². The Kier molecular flexibility index (Phi) is 6.36. The summed E-state index contributed by atoms with van der Waals surface area (Å²) in [6.07, 6.45) is 1.64. The van der Waals surface area contributed by atoms with E-state index in [9.17, 15) is 4.79 Å². The highest BCUT2D eigenvalue weighted by Gasteiger charge is 2.25. The molecule has 4 rings (SSSR count). The highest BCUT2D eigenvalue weighted by molar-refractivity contribution is 9.10. The number of morpholine rings is 1. The summed E-state index contributed by atoms with van der Waals surface area (Å²) < 4.78 is 12.6. The fraction of sp³-hybridized carbons (Fsp3) is 0.318. The average molecular weight is 456 g/mol. The smallest absolute Gasteiger partial charge is 0.247 e. The van der Waals surface area contributed by atoms with Gasteiger partial charge in [0.25, 0.3) is 0 Å². The van der Waals surface area contributed by atoms with Crippen LogP contribution in [-0.2, 0) is 16.0 Å². The summed E-state index contributed by atoms with van der Waals surface area (Å²) in [5, 5.41) is 8.19. The second-order valence-electron chi connectivity index (χ2n) is 6.97. The lowest BCUT2D eigenvalue weighted by Gasteiger charge is -2.33. The van der Waals surface area contributed by atoms with E-state index in [4.69, 9.17) is 9.15 Å².